The summed E-state index contributed by atoms with van der Waals surface area (Å²) >= 11 is 1.36. The van der Waals surface area contributed by atoms with Gasteiger partial charge in [0, 0.05) is 22.3 Å². The lowest BCUT2D eigenvalue weighted by molar-refractivity contribution is 0.285. The molecule has 21 heavy (non-hydrogen) atoms. The Labute approximate surface area is 131 Å². The minimum absolute atomic E-state index is 0.103. The van der Waals surface area contributed by atoms with Crippen LogP contribution in [0.1, 0.15) is 49.3 Å². The van der Waals surface area contributed by atoms with Gasteiger partial charge in [0.25, 0.3) is 0 Å². The first-order valence-corrected chi connectivity index (χ1v) is 9.84. The third-order valence-corrected chi connectivity index (χ3v) is 7.15. The number of thiophene rings is 1. The van der Waals surface area contributed by atoms with Gasteiger partial charge in [-0.15, -0.1) is 11.3 Å². The molecule has 120 valence electrons. The predicted octanol–water partition coefficient (Wildman–Crippen LogP) is 3.14. The summed E-state index contributed by atoms with van der Waals surface area (Å²) in [7, 11) is -3.47. The number of sulfonamides is 1. The first-order valence-electron chi connectivity index (χ1n) is 7.58. The molecule has 4 nitrogen and oxygen atoms in total. The fraction of sp³-hybridized carbons (Fsp3) is 0.733. The van der Waals surface area contributed by atoms with E-state index in [1.165, 1.54) is 11.3 Å². The van der Waals surface area contributed by atoms with Gasteiger partial charge in [-0.1, -0.05) is 26.7 Å². The Kier molecular flexibility index (Phi) is 5.46. The van der Waals surface area contributed by atoms with Gasteiger partial charge in [0.15, 0.2) is 0 Å². The predicted molar refractivity (Wildman–Crippen MR) is 86.0 cm³/mol. The van der Waals surface area contributed by atoms with Crippen molar-refractivity contribution in [2.45, 2.75) is 64.0 Å². The Morgan fingerprint density at radius 2 is 2.00 bits per heavy atom. The third kappa shape index (κ3) is 3.67. The molecule has 0 unspecified atom stereocenters. The summed E-state index contributed by atoms with van der Waals surface area (Å²) in [6.45, 7) is 6.39. The van der Waals surface area contributed by atoms with Gasteiger partial charge in [0.05, 0.1) is 11.5 Å². The second-order valence-electron chi connectivity index (χ2n) is 6.20. The van der Waals surface area contributed by atoms with Crippen molar-refractivity contribution in [2.24, 2.45) is 5.92 Å². The van der Waals surface area contributed by atoms with E-state index in [1.807, 2.05) is 6.92 Å². The van der Waals surface area contributed by atoms with Crippen LogP contribution in [-0.2, 0) is 16.6 Å². The van der Waals surface area contributed by atoms with Crippen molar-refractivity contribution in [3.05, 3.63) is 15.8 Å². The minimum Gasteiger partial charge on any atom is -0.391 e. The van der Waals surface area contributed by atoms with Crippen molar-refractivity contribution in [3.8, 4) is 0 Å². The lowest BCUT2D eigenvalue weighted by atomic mass is 10.2. The maximum Gasteiger partial charge on any atom is 0.244 e. The Morgan fingerprint density at radius 1 is 1.38 bits per heavy atom. The van der Waals surface area contributed by atoms with Crippen molar-refractivity contribution in [3.63, 3.8) is 0 Å². The quantitative estimate of drug-likeness (QED) is 0.871. The van der Waals surface area contributed by atoms with Crippen LogP contribution in [0.25, 0.3) is 0 Å². The fourth-order valence-electron chi connectivity index (χ4n) is 2.98. The number of rotatable bonds is 6. The normalized spacial score (nSPS) is 17.2. The summed E-state index contributed by atoms with van der Waals surface area (Å²) in [5.41, 5.74) is 0. The second-order valence-corrected chi connectivity index (χ2v) is 9.40. The lowest BCUT2D eigenvalue weighted by Gasteiger charge is -2.29. The van der Waals surface area contributed by atoms with Crippen molar-refractivity contribution < 1.29 is 13.5 Å². The number of hydrogen-bond donors (Lipinski definition) is 1. The molecule has 1 heterocycles. The molecule has 0 spiro atoms. The van der Waals surface area contributed by atoms with E-state index in [1.54, 1.807) is 10.4 Å². The third-order valence-electron chi connectivity index (χ3n) is 3.94. The number of aryl methyl sites for hydroxylation is 1. The first-order chi connectivity index (χ1) is 9.86. The summed E-state index contributed by atoms with van der Waals surface area (Å²) in [6, 6.07) is 1.77. The Hall–Kier alpha value is -0.430. The zero-order chi connectivity index (χ0) is 15.6. The molecule has 1 N–H and O–H groups in total. The molecule has 2 rings (SSSR count). The van der Waals surface area contributed by atoms with E-state index < -0.39 is 10.0 Å². The van der Waals surface area contributed by atoms with Crippen LogP contribution >= 0.6 is 11.3 Å². The van der Waals surface area contributed by atoms with Crippen LogP contribution < -0.4 is 0 Å². The molecule has 1 aromatic rings. The topological polar surface area (TPSA) is 57.6 Å². The van der Waals surface area contributed by atoms with Gasteiger partial charge in [0.1, 0.15) is 0 Å². The van der Waals surface area contributed by atoms with Crippen molar-refractivity contribution in [1.82, 2.24) is 4.31 Å². The molecule has 0 saturated heterocycles. The molecular weight excluding hydrogens is 306 g/mol. The van der Waals surface area contributed by atoms with E-state index in [0.29, 0.717) is 22.2 Å². The largest absolute Gasteiger partial charge is 0.391 e. The van der Waals surface area contributed by atoms with Crippen LogP contribution in [-0.4, -0.2) is 30.4 Å². The van der Waals surface area contributed by atoms with E-state index in [2.05, 4.69) is 13.8 Å². The molecule has 1 aromatic heterocycles. The molecule has 1 saturated carbocycles. The molecule has 1 aliphatic carbocycles. The number of aliphatic hydroxyl groups is 1. The zero-order valence-electron chi connectivity index (χ0n) is 13.0. The van der Waals surface area contributed by atoms with E-state index in [9.17, 15) is 13.5 Å². The molecule has 1 fully saturated rings. The highest BCUT2D eigenvalue weighted by molar-refractivity contribution is 7.89. The highest BCUT2D eigenvalue weighted by Gasteiger charge is 2.35. The van der Waals surface area contributed by atoms with Crippen molar-refractivity contribution in [1.29, 1.82) is 0 Å². The highest BCUT2D eigenvalue weighted by Crippen LogP contribution is 2.33. The van der Waals surface area contributed by atoms with Crippen LogP contribution in [0, 0.1) is 12.8 Å². The zero-order valence-corrected chi connectivity index (χ0v) is 14.6. The molecule has 0 atom stereocenters. The molecule has 0 aliphatic heterocycles. The number of nitrogens with zero attached hydrogens (tertiary/aromatic N) is 1. The van der Waals surface area contributed by atoms with Gasteiger partial charge >= 0.3 is 0 Å². The Bertz CT molecular complexity index is 572. The van der Waals surface area contributed by atoms with E-state index in [4.69, 9.17) is 0 Å². The van der Waals surface area contributed by atoms with E-state index in [-0.39, 0.29) is 12.6 Å². The van der Waals surface area contributed by atoms with Gasteiger partial charge in [-0.05, 0) is 31.7 Å². The van der Waals surface area contributed by atoms with Gasteiger partial charge < -0.3 is 5.11 Å². The first kappa shape index (κ1) is 16.9. The summed E-state index contributed by atoms with van der Waals surface area (Å²) in [6.07, 6.45) is 4.14. The molecule has 0 bridgehead atoms. The SMILES string of the molecule is Cc1sc(CO)cc1S(=O)(=O)N(CC(C)C)C1CCCC1. The molecule has 6 heteroatoms. The molecule has 0 aromatic carbocycles. The average Bonchev–Trinajstić information content (AvgIpc) is 3.04. The van der Waals surface area contributed by atoms with Gasteiger partial charge in [-0.3, -0.25) is 0 Å². The van der Waals surface area contributed by atoms with Crippen LogP contribution in [0.5, 0.6) is 0 Å². The van der Waals surface area contributed by atoms with Gasteiger partial charge in [-0.25, -0.2) is 8.42 Å². The summed E-state index contributed by atoms with van der Waals surface area (Å²) < 4.78 is 27.8. The van der Waals surface area contributed by atoms with Crippen LogP contribution in [0.2, 0.25) is 0 Å². The van der Waals surface area contributed by atoms with E-state index >= 15 is 0 Å². The summed E-state index contributed by atoms with van der Waals surface area (Å²) in [5, 5.41) is 9.24. The molecule has 0 radical (unpaired) electrons. The average molecular weight is 332 g/mol. The molecule has 1 aliphatic rings. The van der Waals surface area contributed by atoms with E-state index in [0.717, 1.165) is 30.6 Å². The molecule has 0 amide bonds. The van der Waals surface area contributed by atoms with Gasteiger partial charge in [0.2, 0.25) is 10.0 Å². The van der Waals surface area contributed by atoms with Crippen molar-refractivity contribution >= 4 is 21.4 Å². The second kappa shape index (κ2) is 6.77. The fourth-order valence-corrected chi connectivity index (χ4v) is 6.29. The van der Waals surface area contributed by atoms with Crippen LogP contribution in [0.3, 0.4) is 0 Å². The van der Waals surface area contributed by atoms with Crippen molar-refractivity contribution in [2.75, 3.05) is 6.54 Å². The number of hydrogen-bond acceptors (Lipinski definition) is 4. The van der Waals surface area contributed by atoms with Gasteiger partial charge in [-0.2, -0.15) is 4.31 Å². The monoisotopic (exact) mass is 331 g/mol. The summed E-state index contributed by atoms with van der Waals surface area (Å²) in [5.74, 6) is 0.302. The smallest absolute Gasteiger partial charge is 0.244 e. The van der Waals surface area contributed by atoms with Crippen LogP contribution in [0.4, 0.5) is 0 Å². The Morgan fingerprint density at radius 3 is 2.48 bits per heavy atom. The summed E-state index contributed by atoms with van der Waals surface area (Å²) in [4.78, 5) is 1.86. The minimum atomic E-state index is -3.47. The van der Waals surface area contributed by atoms with Crippen LogP contribution in [0.15, 0.2) is 11.0 Å². The molecular formula is C15H25NO3S2. The lowest BCUT2D eigenvalue weighted by Crippen LogP contribution is -2.41. The maximum atomic E-state index is 13.1. The standard InChI is InChI=1S/C15H25NO3S2/c1-11(2)9-16(13-6-4-5-7-13)21(18,19)15-8-14(10-17)20-12(15)3/h8,11,13,17H,4-7,9-10H2,1-3H3. The number of aliphatic hydroxyl groups excluding tert-OH is 1. The maximum absolute atomic E-state index is 13.1. The highest BCUT2D eigenvalue weighted by atomic mass is 32.2. The Balaban J connectivity index is 2.38.